The molecule has 5 heteroatoms. The molecule has 3 rings (SSSR count). The number of ether oxygens (including phenoxy) is 1. The Balaban J connectivity index is 1.85. The number of carbonyl (C=O) groups excluding carboxylic acids is 1. The van der Waals surface area contributed by atoms with Gasteiger partial charge in [0.1, 0.15) is 11.2 Å². The molecule has 2 atom stereocenters. The van der Waals surface area contributed by atoms with Crippen LogP contribution in [0.2, 0.25) is 0 Å². The Bertz CT molecular complexity index is 424. The van der Waals surface area contributed by atoms with Gasteiger partial charge in [0.05, 0.1) is 5.60 Å². The van der Waals surface area contributed by atoms with Crippen LogP contribution in [-0.4, -0.2) is 40.6 Å². The van der Waals surface area contributed by atoms with E-state index in [4.69, 9.17) is 4.74 Å². The summed E-state index contributed by atoms with van der Waals surface area (Å²) in [5.74, 6) is 1.20. The fraction of sp³-hybridized carbons (Fsp3) is 0.875. The first kappa shape index (κ1) is 15.3. The molecule has 0 bridgehead atoms. The van der Waals surface area contributed by atoms with Gasteiger partial charge in [-0.25, -0.2) is 0 Å². The Kier molecular flexibility index (Phi) is 4.33. The molecule has 2 aliphatic heterocycles. The molecule has 3 aliphatic rings. The summed E-state index contributed by atoms with van der Waals surface area (Å²) < 4.78 is 6.07. The standard InChI is InChI=1S/C16H24O4S/c17-13-3-1-2-5-16(13,14(18)19)12-4-8-20-15(11-12)6-9-21-10-7-15/h12H,1-11H2,(H,18,19). The SMILES string of the molecule is O=C(O)C1(C2CCOC3(CCSCC3)C2)CCCCC1=O. The van der Waals surface area contributed by atoms with Crippen molar-refractivity contribution in [2.45, 2.75) is 57.0 Å². The van der Waals surface area contributed by atoms with Gasteiger partial charge in [0.25, 0.3) is 0 Å². The fourth-order valence-electron chi connectivity index (χ4n) is 4.42. The Morgan fingerprint density at radius 1 is 1.24 bits per heavy atom. The molecule has 1 saturated carbocycles. The van der Waals surface area contributed by atoms with E-state index in [1.165, 1.54) is 0 Å². The van der Waals surface area contributed by atoms with Crippen molar-refractivity contribution >= 4 is 23.5 Å². The van der Waals surface area contributed by atoms with E-state index >= 15 is 0 Å². The summed E-state index contributed by atoms with van der Waals surface area (Å²) in [7, 11) is 0. The summed E-state index contributed by atoms with van der Waals surface area (Å²) >= 11 is 1.94. The Morgan fingerprint density at radius 3 is 2.67 bits per heavy atom. The largest absolute Gasteiger partial charge is 0.480 e. The molecular formula is C16H24O4S. The van der Waals surface area contributed by atoms with Gasteiger partial charge in [-0.2, -0.15) is 11.8 Å². The lowest BCUT2D eigenvalue weighted by Crippen LogP contribution is -2.53. The van der Waals surface area contributed by atoms with Crippen molar-refractivity contribution in [2.24, 2.45) is 11.3 Å². The molecule has 1 aliphatic carbocycles. The van der Waals surface area contributed by atoms with Gasteiger partial charge in [-0.15, -0.1) is 0 Å². The molecule has 0 aromatic rings. The first-order valence-electron chi connectivity index (χ1n) is 8.07. The molecule has 0 amide bonds. The molecule has 2 saturated heterocycles. The lowest BCUT2D eigenvalue weighted by molar-refractivity contribution is -0.173. The van der Waals surface area contributed by atoms with E-state index in [1.807, 2.05) is 11.8 Å². The topological polar surface area (TPSA) is 63.6 Å². The zero-order chi connectivity index (χ0) is 14.9. The molecular weight excluding hydrogens is 288 g/mol. The molecule has 118 valence electrons. The van der Waals surface area contributed by atoms with Gasteiger partial charge in [-0.1, -0.05) is 6.42 Å². The zero-order valence-corrected chi connectivity index (χ0v) is 13.3. The third kappa shape index (κ3) is 2.63. The number of thioether (sulfide) groups is 1. The van der Waals surface area contributed by atoms with Crippen molar-refractivity contribution in [2.75, 3.05) is 18.1 Å². The molecule has 2 unspecified atom stereocenters. The van der Waals surface area contributed by atoms with E-state index in [0.717, 1.165) is 43.6 Å². The zero-order valence-electron chi connectivity index (χ0n) is 12.4. The molecule has 0 aromatic heterocycles. The van der Waals surface area contributed by atoms with Crippen molar-refractivity contribution < 1.29 is 19.4 Å². The lowest BCUT2D eigenvalue weighted by Gasteiger charge is -2.48. The summed E-state index contributed by atoms with van der Waals surface area (Å²) in [6.45, 7) is 0.609. The van der Waals surface area contributed by atoms with Crippen LogP contribution in [-0.2, 0) is 14.3 Å². The highest BCUT2D eigenvalue weighted by Gasteiger charge is 2.55. The summed E-state index contributed by atoms with van der Waals surface area (Å²) in [6.07, 6.45) is 6.13. The van der Waals surface area contributed by atoms with E-state index in [0.29, 0.717) is 25.9 Å². The highest BCUT2D eigenvalue weighted by Crippen LogP contribution is 2.50. The predicted molar refractivity (Wildman–Crippen MR) is 81.5 cm³/mol. The molecule has 1 N–H and O–H groups in total. The van der Waals surface area contributed by atoms with E-state index in [2.05, 4.69) is 0 Å². The second-order valence-corrected chi connectivity index (χ2v) is 7.97. The normalized spacial score (nSPS) is 36.6. The summed E-state index contributed by atoms with van der Waals surface area (Å²) in [6, 6.07) is 0. The predicted octanol–water partition coefficient (Wildman–Crippen LogP) is 2.89. The Labute approximate surface area is 130 Å². The lowest BCUT2D eigenvalue weighted by atomic mass is 9.60. The van der Waals surface area contributed by atoms with E-state index in [-0.39, 0.29) is 17.3 Å². The number of carboxylic acid groups (broad SMARTS) is 1. The molecule has 0 radical (unpaired) electrons. The van der Waals surface area contributed by atoms with Crippen LogP contribution in [0, 0.1) is 11.3 Å². The third-order valence-corrected chi connectivity index (χ3v) is 6.68. The highest BCUT2D eigenvalue weighted by atomic mass is 32.2. The first-order chi connectivity index (χ1) is 10.1. The van der Waals surface area contributed by atoms with Gasteiger partial charge < -0.3 is 9.84 Å². The van der Waals surface area contributed by atoms with Crippen molar-refractivity contribution in [1.82, 2.24) is 0 Å². The quantitative estimate of drug-likeness (QED) is 0.794. The van der Waals surface area contributed by atoms with Crippen molar-refractivity contribution in [1.29, 1.82) is 0 Å². The van der Waals surface area contributed by atoms with Crippen LogP contribution in [0.4, 0.5) is 0 Å². The number of hydrogen-bond acceptors (Lipinski definition) is 4. The van der Waals surface area contributed by atoms with E-state index in [9.17, 15) is 14.7 Å². The van der Waals surface area contributed by atoms with Crippen molar-refractivity contribution in [3.8, 4) is 0 Å². The van der Waals surface area contributed by atoms with Crippen molar-refractivity contribution in [3.63, 3.8) is 0 Å². The van der Waals surface area contributed by atoms with Crippen LogP contribution in [0.25, 0.3) is 0 Å². The van der Waals surface area contributed by atoms with Crippen molar-refractivity contribution in [3.05, 3.63) is 0 Å². The minimum absolute atomic E-state index is 0.0338. The van der Waals surface area contributed by atoms with Crippen LogP contribution in [0.3, 0.4) is 0 Å². The average Bonchev–Trinajstić information content (AvgIpc) is 2.48. The van der Waals surface area contributed by atoms with Crippen LogP contribution in [0.1, 0.15) is 51.4 Å². The number of ketones is 1. The Morgan fingerprint density at radius 2 is 2.00 bits per heavy atom. The minimum Gasteiger partial charge on any atom is -0.480 e. The maximum absolute atomic E-state index is 12.5. The number of hydrogen-bond donors (Lipinski definition) is 1. The third-order valence-electron chi connectivity index (χ3n) is 5.70. The second kappa shape index (κ2) is 5.92. The van der Waals surface area contributed by atoms with Crippen LogP contribution < -0.4 is 0 Å². The van der Waals surface area contributed by atoms with Gasteiger partial charge in [-0.3, -0.25) is 9.59 Å². The van der Waals surface area contributed by atoms with Gasteiger partial charge in [0.15, 0.2) is 0 Å². The fourth-order valence-corrected chi connectivity index (χ4v) is 5.66. The number of rotatable bonds is 2. The smallest absolute Gasteiger partial charge is 0.317 e. The summed E-state index contributed by atoms with van der Waals surface area (Å²) in [5.41, 5.74) is -1.28. The number of carboxylic acids is 1. The maximum atomic E-state index is 12.5. The minimum atomic E-state index is -1.13. The molecule has 1 spiro atoms. The highest BCUT2D eigenvalue weighted by molar-refractivity contribution is 7.99. The second-order valence-electron chi connectivity index (χ2n) is 6.74. The van der Waals surface area contributed by atoms with Crippen LogP contribution in [0.5, 0.6) is 0 Å². The molecule has 21 heavy (non-hydrogen) atoms. The van der Waals surface area contributed by atoms with Crippen LogP contribution >= 0.6 is 11.8 Å². The summed E-state index contributed by atoms with van der Waals surface area (Å²) in [4.78, 5) is 24.5. The van der Waals surface area contributed by atoms with Gasteiger partial charge in [0.2, 0.25) is 0 Å². The summed E-state index contributed by atoms with van der Waals surface area (Å²) in [5, 5.41) is 9.83. The molecule has 0 aromatic carbocycles. The molecule has 2 heterocycles. The Hall–Kier alpha value is -0.550. The van der Waals surface area contributed by atoms with Gasteiger partial charge in [0, 0.05) is 13.0 Å². The van der Waals surface area contributed by atoms with E-state index < -0.39 is 11.4 Å². The number of aliphatic carboxylic acids is 1. The van der Waals surface area contributed by atoms with Gasteiger partial charge in [-0.05, 0) is 55.9 Å². The molecule has 3 fully saturated rings. The average molecular weight is 312 g/mol. The van der Waals surface area contributed by atoms with Crippen LogP contribution in [0.15, 0.2) is 0 Å². The maximum Gasteiger partial charge on any atom is 0.317 e. The monoisotopic (exact) mass is 312 g/mol. The van der Waals surface area contributed by atoms with E-state index in [1.54, 1.807) is 0 Å². The van der Waals surface area contributed by atoms with Gasteiger partial charge >= 0.3 is 5.97 Å². The number of Topliss-reactive ketones (excluding diaryl/α,β-unsaturated/α-hetero) is 1. The molecule has 4 nitrogen and oxygen atoms in total. The number of carbonyl (C=O) groups is 2. The first-order valence-corrected chi connectivity index (χ1v) is 9.23.